The summed E-state index contributed by atoms with van der Waals surface area (Å²) in [6, 6.07) is 5.57. The van der Waals surface area contributed by atoms with E-state index in [1.54, 1.807) is 18.5 Å². The van der Waals surface area contributed by atoms with Gasteiger partial charge in [0, 0.05) is 16.9 Å². The van der Waals surface area contributed by atoms with Crippen LogP contribution in [0.15, 0.2) is 45.6 Å². The van der Waals surface area contributed by atoms with Crippen LogP contribution in [0.5, 0.6) is 0 Å². The van der Waals surface area contributed by atoms with Crippen LogP contribution < -0.4 is 5.32 Å². The summed E-state index contributed by atoms with van der Waals surface area (Å²) in [5, 5.41) is 2.71. The first-order valence-electron chi connectivity index (χ1n) is 4.94. The van der Waals surface area contributed by atoms with Gasteiger partial charge in [-0.15, -0.1) is 0 Å². The molecular formula is C12H7Br2FN2O. The number of rotatable bonds is 2. The van der Waals surface area contributed by atoms with Crippen LogP contribution in [0, 0.1) is 5.82 Å². The molecule has 0 fully saturated rings. The number of hydrogen-bond acceptors (Lipinski definition) is 2. The van der Waals surface area contributed by atoms with Crippen LogP contribution in [-0.2, 0) is 0 Å². The summed E-state index contributed by atoms with van der Waals surface area (Å²) < 4.78 is 14.0. The fraction of sp³-hybridized carbons (Fsp3) is 0. The van der Waals surface area contributed by atoms with Gasteiger partial charge < -0.3 is 5.32 Å². The van der Waals surface area contributed by atoms with Crippen LogP contribution in [0.25, 0.3) is 0 Å². The second kappa shape index (κ2) is 5.58. The molecule has 6 heteroatoms. The number of halogens is 3. The highest BCUT2D eigenvalue weighted by Gasteiger charge is 2.12. The second-order valence-electron chi connectivity index (χ2n) is 3.43. The van der Waals surface area contributed by atoms with Gasteiger partial charge in [0.05, 0.1) is 15.7 Å². The normalized spacial score (nSPS) is 10.2. The molecular weight excluding hydrogens is 367 g/mol. The lowest BCUT2D eigenvalue weighted by Crippen LogP contribution is -2.13. The van der Waals surface area contributed by atoms with Crippen molar-refractivity contribution in [3.63, 3.8) is 0 Å². The Bertz CT molecular complexity index is 604. The maximum atomic E-state index is 12.9. The predicted octanol–water partition coefficient (Wildman–Crippen LogP) is 4.00. The molecule has 2 aromatic rings. The van der Waals surface area contributed by atoms with E-state index in [2.05, 4.69) is 42.2 Å². The van der Waals surface area contributed by atoms with E-state index in [1.165, 1.54) is 18.2 Å². The summed E-state index contributed by atoms with van der Waals surface area (Å²) in [7, 11) is 0. The zero-order valence-corrected chi connectivity index (χ0v) is 12.1. The Hall–Kier alpha value is -1.27. The van der Waals surface area contributed by atoms with E-state index >= 15 is 0 Å². The molecule has 1 amide bonds. The van der Waals surface area contributed by atoms with Gasteiger partial charge in [-0.25, -0.2) is 4.39 Å². The highest BCUT2D eigenvalue weighted by atomic mass is 79.9. The van der Waals surface area contributed by atoms with Crippen LogP contribution >= 0.6 is 31.9 Å². The molecule has 0 aliphatic carbocycles. The van der Waals surface area contributed by atoms with Gasteiger partial charge in [0.25, 0.3) is 5.91 Å². The molecule has 0 bridgehead atoms. The predicted molar refractivity (Wildman–Crippen MR) is 74.0 cm³/mol. The third-order valence-electron chi connectivity index (χ3n) is 2.20. The van der Waals surface area contributed by atoms with Crippen molar-refractivity contribution in [2.45, 2.75) is 0 Å². The number of carbonyl (C=O) groups excluding carboxylic acids is 1. The first-order chi connectivity index (χ1) is 8.58. The zero-order valence-electron chi connectivity index (χ0n) is 8.95. The summed E-state index contributed by atoms with van der Waals surface area (Å²) in [6.07, 6.45) is 3.15. The SMILES string of the molecule is O=C(Nc1ccncc1Br)c1ccc(F)cc1Br. The third kappa shape index (κ3) is 2.94. The molecule has 1 heterocycles. The van der Waals surface area contributed by atoms with Gasteiger partial charge in [0.2, 0.25) is 0 Å². The number of benzene rings is 1. The van der Waals surface area contributed by atoms with Gasteiger partial charge in [-0.3, -0.25) is 9.78 Å². The lowest BCUT2D eigenvalue weighted by atomic mass is 10.2. The van der Waals surface area contributed by atoms with Crippen molar-refractivity contribution in [1.82, 2.24) is 4.98 Å². The van der Waals surface area contributed by atoms with Gasteiger partial charge in [-0.05, 0) is 56.1 Å². The minimum Gasteiger partial charge on any atom is -0.321 e. The second-order valence-corrected chi connectivity index (χ2v) is 5.14. The molecule has 92 valence electrons. The largest absolute Gasteiger partial charge is 0.321 e. The standard InChI is InChI=1S/C12H7Br2FN2O/c13-9-5-7(15)1-2-8(9)12(18)17-11-3-4-16-6-10(11)14/h1-6H,(H,16,17,18). The Morgan fingerprint density at radius 3 is 2.67 bits per heavy atom. The van der Waals surface area contributed by atoms with Crippen LogP contribution in [0.4, 0.5) is 10.1 Å². The molecule has 1 aromatic heterocycles. The van der Waals surface area contributed by atoms with Gasteiger partial charge >= 0.3 is 0 Å². The highest BCUT2D eigenvalue weighted by Crippen LogP contribution is 2.23. The minimum absolute atomic E-state index is 0.325. The average molecular weight is 374 g/mol. The summed E-state index contributed by atoms with van der Waals surface area (Å²) in [6.45, 7) is 0. The van der Waals surface area contributed by atoms with E-state index in [0.29, 0.717) is 20.2 Å². The lowest BCUT2D eigenvalue weighted by molar-refractivity contribution is 0.102. The molecule has 1 aromatic carbocycles. The summed E-state index contributed by atoms with van der Waals surface area (Å²) in [5.41, 5.74) is 0.964. The topological polar surface area (TPSA) is 42.0 Å². The maximum Gasteiger partial charge on any atom is 0.256 e. The summed E-state index contributed by atoms with van der Waals surface area (Å²) in [5.74, 6) is -0.725. The monoisotopic (exact) mass is 372 g/mol. The van der Waals surface area contributed by atoms with Gasteiger partial charge in [-0.2, -0.15) is 0 Å². The molecule has 1 N–H and O–H groups in total. The van der Waals surface area contributed by atoms with E-state index in [-0.39, 0.29) is 5.91 Å². The highest BCUT2D eigenvalue weighted by molar-refractivity contribution is 9.11. The van der Waals surface area contributed by atoms with E-state index in [0.717, 1.165) is 0 Å². The molecule has 0 saturated heterocycles. The molecule has 0 aliphatic heterocycles. The number of nitrogens with zero attached hydrogens (tertiary/aromatic N) is 1. The minimum atomic E-state index is -0.400. The third-order valence-corrected chi connectivity index (χ3v) is 3.48. The first-order valence-corrected chi connectivity index (χ1v) is 6.52. The fourth-order valence-corrected chi connectivity index (χ4v) is 2.22. The molecule has 0 radical (unpaired) electrons. The molecule has 18 heavy (non-hydrogen) atoms. The Morgan fingerprint density at radius 2 is 2.00 bits per heavy atom. The van der Waals surface area contributed by atoms with E-state index in [4.69, 9.17) is 0 Å². The van der Waals surface area contributed by atoms with Crippen LogP contribution in [0.3, 0.4) is 0 Å². The Labute approximate surface area is 120 Å². The van der Waals surface area contributed by atoms with Crippen molar-refractivity contribution in [2.24, 2.45) is 0 Å². The molecule has 0 saturated carbocycles. The number of anilines is 1. The number of pyridine rings is 1. The van der Waals surface area contributed by atoms with Crippen molar-refractivity contribution in [2.75, 3.05) is 5.32 Å². The molecule has 0 unspecified atom stereocenters. The lowest BCUT2D eigenvalue weighted by Gasteiger charge is -2.08. The number of amides is 1. The summed E-state index contributed by atoms with van der Waals surface area (Å²) >= 11 is 6.43. The Kier molecular flexibility index (Phi) is 4.08. The zero-order chi connectivity index (χ0) is 13.1. The van der Waals surface area contributed by atoms with Gasteiger partial charge in [0.15, 0.2) is 0 Å². The molecule has 0 aliphatic rings. The Morgan fingerprint density at radius 1 is 1.22 bits per heavy atom. The van der Waals surface area contributed by atoms with Crippen molar-refractivity contribution in [3.8, 4) is 0 Å². The van der Waals surface area contributed by atoms with Crippen LogP contribution in [0.1, 0.15) is 10.4 Å². The van der Waals surface area contributed by atoms with E-state index in [9.17, 15) is 9.18 Å². The average Bonchev–Trinajstić information content (AvgIpc) is 2.32. The first kappa shape index (κ1) is 13.2. The summed E-state index contributed by atoms with van der Waals surface area (Å²) in [4.78, 5) is 15.9. The quantitative estimate of drug-likeness (QED) is 0.864. The van der Waals surface area contributed by atoms with Crippen LogP contribution in [-0.4, -0.2) is 10.9 Å². The number of carbonyl (C=O) groups is 1. The van der Waals surface area contributed by atoms with Crippen molar-refractivity contribution < 1.29 is 9.18 Å². The number of aromatic nitrogens is 1. The Balaban J connectivity index is 2.25. The van der Waals surface area contributed by atoms with E-state index < -0.39 is 5.82 Å². The molecule has 0 spiro atoms. The molecule has 2 rings (SSSR count). The molecule has 0 atom stereocenters. The number of nitrogens with one attached hydrogen (secondary N) is 1. The maximum absolute atomic E-state index is 12.9. The fourth-order valence-electron chi connectivity index (χ4n) is 1.34. The van der Waals surface area contributed by atoms with Crippen molar-refractivity contribution in [3.05, 3.63) is 57.0 Å². The van der Waals surface area contributed by atoms with E-state index in [1.807, 2.05) is 0 Å². The van der Waals surface area contributed by atoms with Crippen molar-refractivity contribution in [1.29, 1.82) is 0 Å². The van der Waals surface area contributed by atoms with Gasteiger partial charge in [0.1, 0.15) is 5.82 Å². The number of hydrogen-bond donors (Lipinski definition) is 1. The molecule has 3 nitrogen and oxygen atoms in total. The van der Waals surface area contributed by atoms with Gasteiger partial charge in [-0.1, -0.05) is 0 Å². The smallest absolute Gasteiger partial charge is 0.256 e. The van der Waals surface area contributed by atoms with Crippen molar-refractivity contribution >= 4 is 43.5 Å². The van der Waals surface area contributed by atoms with Crippen LogP contribution in [0.2, 0.25) is 0 Å².